The number of ether oxygens (including phenoxy) is 1. The molecule has 1 aromatic carbocycles. The Bertz CT molecular complexity index is 707. The molecular formula is C17H21ClFN3O2S. The highest BCUT2D eigenvalue weighted by Crippen LogP contribution is 2.24. The smallest absolute Gasteiger partial charge is 0.243 e. The van der Waals surface area contributed by atoms with Crippen molar-refractivity contribution in [3.63, 3.8) is 0 Å². The number of thiazole rings is 1. The van der Waals surface area contributed by atoms with Gasteiger partial charge in [-0.15, -0.1) is 23.7 Å². The van der Waals surface area contributed by atoms with Crippen molar-refractivity contribution in [2.24, 2.45) is 11.7 Å². The van der Waals surface area contributed by atoms with E-state index in [1.807, 2.05) is 0 Å². The molecule has 2 heterocycles. The van der Waals surface area contributed by atoms with E-state index in [1.54, 1.807) is 24.4 Å². The molecule has 5 nitrogen and oxygen atoms in total. The molecule has 1 aliphatic rings. The second-order valence-corrected chi connectivity index (χ2v) is 6.98. The van der Waals surface area contributed by atoms with E-state index in [2.05, 4.69) is 10.3 Å². The van der Waals surface area contributed by atoms with Gasteiger partial charge in [0.2, 0.25) is 5.91 Å². The van der Waals surface area contributed by atoms with E-state index in [1.165, 1.54) is 17.4 Å². The maximum atomic E-state index is 13.7. The predicted molar refractivity (Wildman–Crippen MR) is 98.7 cm³/mol. The van der Waals surface area contributed by atoms with Crippen LogP contribution in [0.25, 0.3) is 0 Å². The van der Waals surface area contributed by atoms with Crippen molar-refractivity contribution < 1.29 is 13.9 Å². The fourth-order valence-corrected chi connectivity index (χ4v) is 3.59. The number of hydrogen-bond acceptors (Lipinski definition) is 5. The first-order chi connectivity index (χ1) is 11.6. The van der Waals surface area contributed by atoms with Gasteiger partial charge in [0.25, 0.3) is 0 Å². The van der Waals surface area contributed by atoms with Crippen LogP contribution >= 0.6 is 23.7 Å². The van der Waals surface area contributed by atoms with Crippen molar-refractivity contribution in [2.45, 2.75) is 25.3 Å². The summed E-state index contributed by atoms with van der Waals surface area (Å²) in [5, 5.41) is 3.26. The van der Waals surface area contributed by atoms with Crippen LogP contribution in [0.4, 0.5) is 9.52 Å². The lowest BCUT2D eigenvalue weighted by Crippen LogP contribution is -2.43. The maximum Gasteiger partial charge on any atom is 0.243 e. The quantitative estimate of drug-likeness (QED) is 0.829. The van der Waals surface area contributed by atoms with Crippen LogP contribution in [0.1, 0.15) is 23.3 Å². The van der Waals surface area contributed by atoms with E-state index in [0.29, 0.717) is 30.3 Å². The normalized spacial score (nSPS) is 16.1. The van der Waals surface area contributed by atoms with Crippen LogP contribution in [0.5, 0.6) is 0 Å². The molecule has 1 fully saturated rings. The Labute approximate surface area is 156 Å². The third kappa shape index (κ3) is 5.22. The third-order valence-electron chi connectivity index (χ3n) is 4.18. The Morgan fingerprint density at radius 3 is 2.84 bits per heavy atom. The van der Waals surface area contributed by atoms with Gasteiger partial charge in [0.05, 0.1) is 6.04 Å². The number of halogens is 2. The summed E-state index contributed by atoms with van der Waals surface area (Å²) < 4.78 is 19.0. The zero-order chi connectivity index (χ0) is 16.9. The lowest BCUT2D eigenvalue weighted by atomic mass is 9.92. The summed E-state index contributed by atoms with van der Waals surface area (Å²) in [4.78, 5) is 17.3. The monoisotopic (exact) mass is 385 g/mol. The summed E-state index contributed by atoms with van der Waals surface area (Å²) in [6.45, 7) is 1.30. The summed E-state index contributed by atoms with van der Waals surface area (Å²) in [5.74, 6) is -0.330. The van der Waals surface area contributed by atoms with Gasteiger partial charge >= 0.3 is 0 Å². The highest BCUT2D eigenvalue weighted by atomic mass is 35.5. The van der Waals surface area contributed by atoms with Crippen LogP contribution in [-0.4, -0.2) is 30.1 Å². The predicted octanol–water partition coefficient (Wildman–Crippen LogP) is 2.99. The number of aromatic nitrogens is 1. The molecule has 3 rings (SSSR count). The molecule has 0 bridgehead atoms. The minimum atomic E-state index is -0.562. The molecule has 136 valence electrons. The zero-order valence-corrected chi connectivity index (χ0v) is 15.2. The first-order valence-electron chi connectivity index (χ1n) is 7.96. The lowest BCUT2D eigenvalue weighted by Gasteiger charge is -2.26. The average molecular weight is 386 g/mol. The van der Waals surface area contributed by atoms with Crippen molar-refractivity contribution in [1.29, 1.82) is 0 Å². The number of carbonyl (C=O) groups is 1. The first kappa shape index (κ1) is 19.8. The average Bonchev–Trinajstić information content (AvgIpc) is 3.04. The fraction of sp³-hybridized carbons (Fsp3) is 0.412. The molecule has 1 unspecified atom stereocenters. The van der Waals surface area contributed by atoms with Gasteiger partial charge < -0.3 is 15.8 Å². The minimum absolute atomic E-state index is 0. The Morgan fingerprint density at radius 2 is 2.12 bits per heavy atom. The SMILES string of the molecule is Cl.NC(C(=O)Nc1ncc(Cc2ccccc2F)s1)C1CCOCC1. The van der Waals surface area contributed by atoms with Crippen LogP contribution in [0.15, 0.2) is 30.5 Å². The number of nitrogens with two attached hydrogens (primary N) is 1. The molecule has 0 saturated carbocycles. The Morgan fingerprint density at radius 1 is 1.40 bits per heavy atom. The number of amides is 1. The van der Waals surface area contributed by atoms with Gasteiger partial charge in [0.1, 0.15) is 5.82 Å². The van der Waals surface area contributed by atoms with Gasteiger partial charge in [0, 0.05) is 30.7 Å². The number of nitrogens with zero attached hydrogens (tertiary/aromatic N) is 1. The Balaban J connectivity index is 0.00000225. The van der Waals surface area contributed by atoms with Crippen LogP contribution in [-0.2, 0) is 16.0 Å². The van der Waals surface area contributed by atoms with Crippen LogP contribution < -0.4 is 11.1 Å². The van der Waals surface area contributed by atoms with Gasteiger partial charge in [-0.3, -0.25) is 4.79 Å². The zero-order valence-electron chi connectivity index (χ0n) is 13.6. The minimum Gasteiger partial charge on any atom is -0.381 e. The number of nitrogens with one attached hydrogen (secondary N) is 1. The van der Waals surface area contributed by atoms with E-state index in [9.17, 15) is 9.18 Å². The van der Waals surface area contributed by atoms with Crippen molar-refractivity contribution >= 4 is 34.8 Å². The summed E-state index contributed by atoms with van der Waals surface area (Å²) in [6, 6.07) is 6.08. The van der Waals surface area contributed by atoms with Gasteiger partial charge in [-0.05, 0) is 30.4 Å². The van der Waals surface area contributed by atoms with E-state index < -0.39 is 6.04 Å². The molecule has 1 aliphatic heterocycles. The summed E-state index contributed by atoms with van der Waals surface area (Å²) >= 11 is 1.34. The maximum absolute atomic E-state index is 13.7. The second-order valence-electron chi connectivity index (χ2n) is 5.86. The molecule has 3 N–H and O–H groups in total. The summed E-state index contributed by atoms with van der Waals surface area (Å²) in [6.07, 6.45) is 3.70. The third-order valence-corrected chi connectivity index (χ3v) is 5.10. The van der Waals surface area contributed by atoms with Crippen molar-refractivity contribution in [1.82, 2.24) is 4.98 Å². The lowest BCUT2D eigenvalue weighted by molar-refractivity contribution is -0.119. The van der Waals surface area contributed by atoms with E-state index >= 15 is 0 Å². The van der Waals surface area contributed by atoms with Crippen molar-refractivity contribution in [2.75, 3.05) is 18.5 Å². The van der Waals surface area contributed by atoms with Gasteiger partial charge in [0.15, 0.2) is 5.13 Å². The number of benzene rings is 1. The van der Waals surface area contributed by atoms with Crippen LogP contribution in [0, 0.1) is 11.7 Å². The number of carbonyl (C=O) groups excluding carboxylic acids is 1. The van der Waals surface area contributed by atoms with Crippen LogP contribution in [0.2, 0.25) is 0 Å². The summed E-state index contributed by atoms with van der Waals surface area (Å²) in [7, 11) is 0. The number of anilines is 1. The molecule has 0 spiro atoms. The molecule has 1 saturated heterocycles. The number of hydrogen-bond donors (Lipinski definition) is 2. The second kappa shape index (κ2) is 9.24. The molecule has 0 radical (unpaired) electrons. The van der Waals surface area contributed by atoms with E-state index in [4.69, 9.17) is 10.5 Å². The van der Waals surface area contributed by atoms with E-state index in [-0.39, 0.29) is 30.0 Å². The summed E-state index contributed by atoms with van der Waals surface area (Å²) in [5.41, 5.74) is 6.66. The fourth-order valence-electron chi connectivity index (χ4n) is 2.75. The van der Waals surface area contributed by atoms with Crippen molar-refractivity contribution in [3.05, 3.63) is 46.7 Å². The molecule has 0 aliphatic carbocycles. The number of rotatable bonds is 5. The molecular weight excluding hydrogens is 365 g/mol. The Hall–Kier alpha value is -1.54. The molecule has 1 amide bonds. The van der Waals surface area contributed by atoms with Crippen LogP contribution in [0.3, 0.4) is 0 Å². The highest BCUT2D eigenvalue weighted by Gasteiger charge is 2.27. The topological polar surface area (TPSA) is 77.2 Å². The van der Waals surface area contributed by atoms with Crippen molar-refractivity contribution in [3.8, 4) is 0 Å². The van der Waals surface area contributed by atoms with Gasteiger partial charge in [-0.2, -0.15) is 0 Å². The van der Waals surface area contributed by atoms with Gasteiger partial charge in [-0.1, -0.05) is 18.2 Å². The molecule has 8 heteroatoms. The van der Waals surface area contributed by atoms with Gasteiger partial charge in [-0.25, -0.2) is 9.37 Å². The Kier molecular flexibility index (Phi) is 7.31. The molecule has 25 heavy (non-hydrogen) atoms. The molecule has 1 atom stereocenters. The standard InChI is InChI=1S/C17H20FN3O2S.ClH/c18-14-4-2-1-3-12(14)9-13-10-20-17(24-13)21-16(22)15(19)11-5-7-23-8-6-11;/h1-4,10-11,15H,5-9,19H2,(H,20,21,22);1H. The highest BCUT2D eigenvalue weighted by molar-refractivity contribution is 7.15. The largest absolute Gasteiger partial charge is 0.381 e. The molecule has 2 aromatic rings. The van der Waals surface area contributed by atoms with E-state index in [0.717, 1.165) is 17.7 Å². The first-order valence-corrected chi connectivity index (χ1v) is 8.77. The molecule has 1 aromatic heterocycles.